The van der Waals surface area contributed by atoms with Crippen molar-refractivity contribution in [3.8, 4) is 5.75 Å². The van der Waals surface area contributed by atoms with Crippen LogP contribution in [0.4, 0.5) is 5.69 Å². The summed E-state index contributed by atoms with van der Waals surface area (Å²) in [5.41, 5.74) is 2.36. The second kappa shape index (κ2) is 8.93. The Morgan fingerprint density at radius 1 is 0.909 bits per heavy atom. The average Bonchev–Trinajstić information content (AvgIpc) is 3.06. The number of nitrogens with zero attached hydrogens (tertiary/aromatic N) is 1. The first-order chi connectivity index (χ1) is 15.7. The van der Waals surface area contributed by atoms with Crippen LogP contribution in [0.1, 0.15) is 42.5 Å². The summed E-state index contributed by atoms with van der Waals surface area (Å²) in [7, 11) is 0. The van der Waals surface area contributed by atoms with Crippen LogP contribution in [-0.4, -0.2) is 21.9 Å². The van der Waals surface area contributed by atoms with Gasteiger partial charge in [0.25, 0.3) is 11.7 Å². The maximum atomic E-state index is 13.2. The fourth-order valence-electron chi connectivity index (χ4n) is 3.89. The van der Waals surface area contributed by atoms with E-state index in [0.717, 1.165) is 5.56 Å². The fourth-order valence-corrected chi connectivity index (χ4v) is 4.19. The van der Waals surface area contributed by atoms with E-state index >= 15 is 0 Å². The Bertz CT molecular complexity index is 1260. The number of aromatic hydroxyl groups is 1. The second-order valence-corrected chi connectivity index (χ2v) is 8.95. The van der Waals surface area contributed by atoms with Crippen molar-refractivity contribution in [2.45, 2.75) is 25.8 Å². The third kappa shape index (κ3) is 4.22. The molecular formula is C26H21Cl2NO4. The van der Waals surface area contributed by atoms with Gasteiger partial charge in [-0.05, 0) is 59.5 Å². The zero-order chi connectivity index (χ0) is 23.9. The third-order valence-electron chi connectivity index (χ3n) is 5.68. The Hall–Kier alpha value is -3.28. The van der Waals surface area contributed by atoms with Crippen molar-refractivity contribution in [3.63, 3.8) is 0 Å². The second-order valence-electron chi connectivity index (χ2n) is 8.14. The van der Waals surface area contributed by atoms with Crippen LogP contribution in [-0.2, 0) is 9.59 Å². The van der Waals surface area contributed by atoms with Crippen molar-refractivity contribution >= 4 is 46.3 Å². The molecule has 3 aromatic carbocycles. The number of hydrogen-bond donors (Lipinski definition) is 2. The van der Waals surface area contributed by atoms with Crippen molar-refractivity contribution < 1.29 is 19.8 Å². The van der Waals surface area contributed by atoms with Crippen molar-refractivity contribution in [3.05, 3.63) is 99.0 Å². The molecule has 1 aliphatic heterocycles. The number of hydrogen-bond acceptors (Lipinski definition) is 4. The number of amides is 1. The molecule has 1 atom stereocenters. The third-order valence-corrected chi connectivity index (χ3v) is 6.42. The lowest BCUT2D eigenvalue weighted by Gasteiger charge is -2.26. The number of carbonyl (C=O) groups excluding carboxylic acids is 2. The quantitative estimate of drug-likeness (QED) is 0.255. The van der Waals surface area contributed by atoms with Gasteiger partial charge in [0.2, 0.25) is 0 Å². The van der Waals surface area contributed by atoms with Crippen molar-refractivity contribution in [1.82, 2.24) is 0 Å². The number of aliphatic hydroxyl groups is 1. The maximum Gasteiger partial charge on any atom is 0.300 e. The number of halogens is 2. The van der Waals surface area contributed by atoms with Gasteiger partial charge in [-0.25, -0.2) is 0 Å². The molecule has 1 saturated heterocycles. The van der Waals surface area contributed by atoms with E-state index < -0.39 is 17.7 Å². The Morgan fingerprint density at radius 3 is 2.12 bits per heavy atom. The molecule has 0 aromatic heterocycles. The van der Waals surface area contributed by atoms with Crippen molar-refractivity contribution in [2.75, 3.05) is 4.90 Å². The van der Waals surface area contributed by atoms with Crippen molar-refractivity contribution in [1.29, 1.82) is 0 Å². The molecule has 0 aliphatic carbocycles. The zero-order valence-electron chi connectivity index (χ0n) is 17.9. The number of rotatable bonds is 4. The minimum atomic E-state index is -0.898. The summed E-state index contributed by atoms with van der Waals surface area (Å²) in [6.07, 6.45) is 0. The minimum absolute atomic E-state index is 0.0430. The Morgan fingerprint density at radius 2 is 1.55 bits per heavy atom. The topological polar surface area (TPSA) is 77.8 Å². The first kappa shape index (κ1) is 22.9. The number of Topliss-reactive ketones (excluding diaryl/α,β-unsaturated/α-hetero) is 1. The standard InChI is InChI=1S/C26H21Cl2NO4/c1-14(2)15-3-8-18(9-4-15)29-23(16-5-10-19(30)11-6-16)22(25(32)26(29)33)24(31)17-7-12-20(27)21(28)13-17/h3-14,23,30-31H,1-2H3/b24-22-. The highest BCUT2D eigenvalue weighted by Gasteiger charge is 2.47. The van der Waals surface area contributed by atoms with E-state index in [1.807, 2.05) is 12.1 Å². The minimum Gasteiger partial charge on any atom is -0.508 e. The number of carbonyl (C=O) groups is 2. The predicted octanol–water partition coefficient (Wildman–Crippen LogP) is 6.45. The molecule has 0 spiro atoms. The van der Waals surface area contributed by atoms with E-state index in [1.165, 1.54) is 35.2 Å². The number of benzene rings is 3. The molecule has 7 heteroatoms. The molecule has 168 valence electrons. The zero-order valence-corrected chi connectivity index (χ0v) is 19.4. The van der Waals surface area contributed by atoms with Gasteiger partial charge < -0.3 is 10.2 Å². The van der Waals surface area contributed by atoms with Crippen LogP contribution in [0.5, 0.6) is 5.75 Å². The van der Waals surface area contributed by atoms with E-state index in [2.05, 4.69) is 13.8 Å². The largest absolute Gasteiger partial charge is 0.508 e. The first-order valence-electron chi connectivity index (χ1n) is 10.3. The SMILES string of the molecule is CC(C)c1ccc(N2C(=O)C(=O)/C(=C(\O)c3ccc(Cl)c(Cl)c3)C2c2ccc(O)cc2)cc1. The van der Waals surface area contributed by atoms with Crippen LogP contribution in [0.3, 0.4) is 0 Å². The number of ketones is 1. The smallest absolute Gasteiger partial charge is 0.300 e. The number of phenols is 1. The number of phenolic OH excluding ortho intramolecular Hbond substituents is 1. The monoisotopic (exact) mass is 481 g/mol. The molecular weight excluding hydrogens is 461 g/mol. The fraction of sp³-hybridized carbons (Fsp3) is 0.154. The summed E-state index contributed by atoms with van der Waals surface area (Å²) >= 11 is 12.1. The molecule has 1 fully saturated rings. The predicted molar refractivity (Wildman–Crippen MR) is 130 cm³/mol. The van der Waals surface area contributed by atoms with Crippen LogP contribution >= 0.6 is 23.2 Å². The van der Waals surface area contributed by atoms with E-state index in [1.54, 1.807) is 24.3 Å². The molecule has 1 amide bonds. The lowest BCUT2D eigenvalue weighted by molar-refractivity contribution is -0.132. The van der Waals surface area contributed by atoms with Crippen LogP contribution in [0, 0.1) is 0 Å². The molecule has 1 unspecified atom stereocenters. The molecule has 2 N–H and O–H groups in total. The lowest BCUT2D eigenvalue weighted by atomic mass is 9.95. The number of anilines is 1. The normalized spacial score (nSPS) is 17.7. The van der Waals surface area contributed by atoms with Gasteiger partial charge >= 0.3 is 0 Å². The summed E-state index contributed by atoms with van der Waals surface area (Å²) in [4.78, 5) is 27.7. The average molecular weight is 482 g/mol. The van der Waals surface area contributed by atoms with Crippen LogP contribution in [0.15, 0.2) is 72.3 Å². The van der Waals surface area contributed by atoms with Gasteiger partial charge in [0, 0.05) is 11.3 Å². The molecule has 0 saturated carbocycles. The summed E-state index contributed by atoms with van der Waals surface area (Å²) in [6.45, 7) is 4.13. The van der Waals surface area contributed by atoms with Gasteiger partial charge in [-0.2, -0.15) is 0 Å². The van der Waals surface area contributed by atoms with E-state index in [-0.39, 0.29) is 27.7 Å². The lowest BCUT2D eigenvalue weighted by Crippen LogP contribution is -2.29. The summed E-state index contributed by atoms with van der Waals surface area (Å²) < 4.78 is 0. The molecule has 4 rings (SSSR count). The van der Waals surface area contributed by atoms with Gasteiger partial charge in [0.15, 0.2) is 0 Å². The van der Waals surface area contributed by atoms with E-state index in [0.29, 0.717) is 22.2 Å². The molecule has 0 radical (unpaired) electrons. The molecule has 1 heterocycles. The molecule has 5 nitrogen and oxygen atoms in total. The summed E-state index contributed by atoms with van der Waals surface area (Å²) in [6, 6.07) is 17.1. The highest BCUT2D eigenvalue weighted by Crippen LogP contribution is 2.43. The van der Waals surface area contributed by atoms with E-state index in [4.69, 9.17) is 23.2 Å². The van der Waals surface area contributed by atoms with Crippen LogP contribution in [0.2, 0.25) is 10.0 Å². The van der Waals surface area contributed by atoms with Gasteiger partial charge in [-0.15, -0.1) is 0 Å². The highest BCUT2D eigenvalue weighted by atomic mass is 35.5. The Labute approximate surface area is 201 Å². The molecule has 0 bridgehead atoms. The molecule has 33 heavy (non-hydrogen) atoms. The van der Waals surface area contributed by atoms with Crippen LogP contribution < -0.4 is 4.90 Å². The summed E-state index contributed by atoms with van der Waals surface area (Å²) in [5.74, 6) is -1.58. The summed E-state index contributed by atoms with van der Waals surface area (Å²) in [5, 5.41) is 21.4. The van der Waals surface area contributed by atoms with Crippen molar-refractivity contribution in [2.24, 2.45) is 0 Å². The Kier molecular flexibility index (Phi) is 6.19. The van der Waals surface area contributed by atoms with Crippen LogP contribution in [0.25, 0.3) is 5.76 Å². The van der Waals surface area contributed by atoms with Gasteiger partial charge in [-0.1, -0.05) is 61.3 Å². The van der Waals surface area contributed by atoms with Gasteiger partial charge in [0.1, 0.15) is 11.5 Å². The molecule has 1 aliphatic rings. The highest BCUT2D eigenvalue weighted by molar-refractivity contribution is 6.51. The maximum absolute atomic E-state index is 13.2. The Balaban J connectivity index is 1.91. The molecule has 3 aromatic rings. The van der Waals surface area contributed by atoms with Gasteiger partial charge in [0.05, 0.1) is 21.7 Å². The first-order valence-corrected chi connectivity index (χ1v) is 11.1. The van der Waals surface area contributed by atoms with Gasteiger partial charge in [-0.3, -0.25) is 14.5 Å². The number of aliphatic hydroxyl groups excluding tert-OH is 1. The van der Waals surface area contributed by atoms with E-state index in [9.17, 15) is 19.8 Å².